The van der Waals surface area contributed by atoms with E-state index in [1.54, 1.807) is 19.1 Å². The van der Waals surface area contributed by atoms with E-state index in [-0.39, 0.29) is 11.9 Å². The molecule has 1 unspecified atom stereocenters. The van der Waals surface area contributed by atoms with Gasteiger partial charge in [0, 0.05) is 6.04 Å². The third kappa shape index (κ3) is 3.63. The summed E-state index contributed by atoms with van der Waals surface area (Å²) in [6.45, 7) is 3.93. The lowest BCUT2D eigenvalue weighted by molar-refractivity contribution is 0.570. The van der Waals surface area contributed by atoms with Gasteiger partial charge in [0.2, 0.25) is 0 Å². The van der Waals surface area contributed by atoms with E-state index in [1.165, 1.54) is 12.8 Å². The zero-order chi connectivity index (χ0) is 11.3. The van der Waals surface area contributed by atoms with E-state index in [1.807, 2.05) is 6.07 Å². The van der Waals surface area contributed by atoms with Gasteiger partial charge in [-0.1, -0.05) is 38.3 Å². The van der Waals surface area contributed by atoms with Gasteiger partial charge in [-0.25, -0.2) is 4.39 Å². The predicted molar refractivity (Wildman–Crippen MR) is 62.2 cm³/mol. The van der Waals surface area contributed by atoms with Crippen molar-refractivity contribution in [2.24, 2.45) is 5.73 Å². The molecule has 1 nitrogen and oxygen atoms in total. The first-order valence-corrected chi connectivity index (χ1v) is 5.66. The van der Waals surface area contributed by atoms with Crippen molar-refractivity contribution in [3.05, 3.63) is 35.1 Å². The summed E-state index contributed by atoms with van der Waals surface area (Å²) in [7, 11) is 0. The molecule has 0 fully saturated rings. The lowest BCUT2D eigenvalue weighted by Gasteiger charge is -2.12. The second-order valence-electron chi connectivity index (χ2n) is 4.11. The lowest BCUT2D eigenvalue weighted by atomic mass is 10.00. The van der Waals surface area contributed by atoms with Crippen molar-refractivity contribution in [1.29, 1.82) is 0 Å². The monoisotopic (exact) mass is 209 g/mol. The van der Waals surface area contributed by atoms with Gasteiger partial charge in [-0.15, -0.1) is 0 Å². The first-order valence-electron chi connectivity index (χ1n) is 5.66. The zero-order valence-corrected chi connectivity index (χ0v) is 9.59. The topological polar surface area (TPSA) is 26.0 Å². The molecule has 0 aliphatic rings. The second-order valence-corrected chi connectivity index (χ2v) is 4.11. The molecule has 0 aliphatic heterocycles. The Labute approximate surface area is 91.5 Å². The minimum atomic E-state index is -0.154. The van der Waals surface area contributed by atoms with Crippen LogP contribution in [0.25, 0.3) is 0 Å². The Morgan fingerprint density at radius 1 is 1.33 bits per heavy atom. The van der Waals surface area contributed by atoms with E-state index in [4.69, 9.17) is 5.73 Å². The Morgan fingerprint density at radius 2 is 2.07 bits per heavy atom. The lowest BCUT2D eigenvalue weighted by Crippen LogP contribution is -2.10. The number of benzene rings is 1. The third-order valence-corrected chi connectivity index (χ3v) is 2.74. The second kappa shape index (κ2) is 5.86. The van der Waals surface area contributed by atoms with Crippen LogP contribution < -0.4 is 5.73 Å². The fraction of sp³-hybridized carbons (Fsp3) is 0.538. The molecule has 0 saturated carbocycles. The molecule has 0 bridgehead atoms. The van der Waals surface area contributed by atoms with Gasteiger partial charge in [0.05, 0.1) is 0 Å². The van der Waals surface area contributed by atoms with Crippen molar-refractivity contribution < 1.29 is 4.39 Å². The van der Waals surface area contributed by atoms with Crippen LogP contribution in [0.3, 0.4) is 0 Å². The van der Waals surface area contributed by atoms with Crippen LogP contribution in [0.1, 0.15) is 49.8 Å². The van der Waals surface area contributed by atoms with E-state index in [0.717, 1.165) is 18.4 Å². The quantitative estimate of drug-likeness (QED) is 0.735. The molecule has 0 spiro atoms. The van der Waals surface area contributed by atoms with Crippen LogP contribution in [0.15, 0.2) is 18.2 Å². The van der Waals surface area contributed by atoms with Crippen LogP contribution in [0.5, 0.6) is 0 Å². The highest BCUT2D eigenvalue weighted by atomic mass is 19.1. The summed E-state index contributed by atoms with van der Waals surface area (Å²) >= 11 is 0. The molecule has 1 aromatic carbocycles. The fourth-order valence-corrected chi connectivity index (χ4v) is 1.62. The summed E-state index contributed by atoms with van der Waals surface area (Å²) in [5, 5.41) is 0. The third-order valence-electron chi connectivity index (χ3n) is 2.74. The highest BCUT2D eigenvalue weighted by Gasteiger charge is 2.07. The summed E-state index contributed by atoms with van der Waals surface area (Å²) in [4.78, 5) is 0. The summed E-state index contributed by atoms with van der Waals surface area (Å²) in [6.07, 6.45) is 4.44. The molecule has 1 aromatic rings. The molecule has 2 heteroatoms. The molecule has 0 saturated heterocycles. The first-order chi connectivity index (χ1) is 7.15. The van der Waals surface area contributed by atoms with Crippen molar-refractivity contribution in [2.75, 3.05) is 0 Å². The van der Waals surface area contributed by atoms with Crippen LogP contribution in [-0.4, -0.2) is 0 Å². The first kappa shape index (κ1) is 12.2. The molecule has 0 radical (unpaired) electrons. The Morgan fingerprint density at radius 3 is 2.67 bits per heavy atom. The van der Waals surface area contributed by atoms with Gasteiger partial charge in [0.25, 0.3) is 0 Å². The molecule has 0 aliphatic carbocycles. The number of hydrogen-bond donors (Lipinski definition) is 1. The molecular formula is C13H20FN. The van der Waals surface area contributed by atoms with Crippen molar-refractivity contribution in [2.45, 2.75) is 45.6 Å². The Balaban J connectivity index is 2.57. The van der Waals surface area contributed by atoms with Crippen molar-refractivity contribution in [1.82, 2.24) is 0 Å². The van der Waals surface area contributed by atoms with Gasteiger partial charge >= 0.3 is 0 Å². The van der Waals surface area contributed by atoms with Gasteiger partial charge in [-0.3, -0.25) is 0 Å². The van der Waals surface area contributed by atoms with Crippen molar-refractivity contribution >= 4 is 0 Å². The number of halogens is 1. The Kier molecular flexibility index (Phi) is 4.76. The maximum absolute atomic E-state index is 13.3. The normalized spacial score (nSPS) is 12.8. The summed E-state index contributed by atoms with van der Waals surface area (Å²) in [6, 6.07) is 5.26. The average molecular weight is 209 g/mol. The number of aryl methyl sites for hydroxylation is 1. The molecule has 2 N–H and O–H groups in total. The minimum Gasteiger partial charge on any atom is -0.324 e. The van der Waals surface area contributed by atoms with Crippen molar-refractivity contribution in [3.8, 4) is 0 Å². The van der Waals surface area contributed by atoms with E-state index in [0.29, 0.717) is 5.56 Å². The molecule has 1 atom stereocenters. The van der Waals surface area contributed by atoms with Gasteiger partial charge < -0.3 is 5.73 Å². The molecule has 1 rings (SSSR count). The highest BCUT2D eigenvalue weighted by Crippen LogP contribution is 2.19. The van der Waals surface area contributed by atoms with Crippen LogP contribution >= 0.6 is 0 Å². The molecule has 0 heterocycles. The van der Waals surface area contributed by atoms with Gasteiger partial charge in [0.15, 0.2) is 0 Å². The largest absolute Gasteiger partial charge is 0.324 e. The molecule has 84 valence electrons. The minimum absolute atomic E-state index is 0.0216. The van der Waals surface area contributed by atoms with Crippen LogP contribution in [-0.2, 0) is 0 Å². The smallest absolute Gasteiger partial charge is 0.126 e. The maximum atomic E-state index is 13.3. The summed E-state index contributed by atoms with van der Waals surface area (Å²) in [5.74, 6) is -0.154. The van der Waals surface area contributed by atoms with Crippen LogP contribution in [0.2, 0.25) is 0 Å². The number of hydrogen-bond acceptors (Lipinski definition) is 1. The highest BCUT2D eigenvalue weighted by molar-refractivity contribution is 5.25. The number of rotatable bonds is 5. The SMILES string of the molecule is CCCCCC(N)c1ccc(C)c(F)c1. The summed E-state index contributed by atoms with van der Waals surface area (Å²) in [5.41, 5.74) is 7.58. The predicted octanol–water partition coefficient (Wildman–Crippen LogP) is 3.71. The Bertz CT molecular complexity index is 309. The standard InChI is InChI=1S/C13H20FN/c1-3-4-5-6-13(15)11-8-7-10(2)12(14)9-11/h7-9,13H,3-6,15H2,1-2H3. The van der Waals surface area contributed by atoms with Gasteiger partial charge in [-0.2, -0.15) is 0 Å². The Hall–Kier alpha value is -0.890. The fourth-order valence-electron chi connectivity index (χ4n) is 1.62. The van der Waals surface area contributed by atoms with E-state index < -0.39 is 0 Å². The van der Waals surface area contributed by atoms with E-state index in [9.17, 15) is 4.39 Å². The molecule has 0 aromatic heterocycles. The van der Waals surface area contributed by atoms with Gasteiger partial charge in [0.1, 0.15) is 5.82 Å². The molecule has 0 amide bonds. The average Bonchev–Trinajstić information content (AvgIpc) is 2.22. The maximum Gasteiger partial charge on any atom is 0.126 e. The van der Waals surface area contributed by atoms with Crippen LogP contribution in [0.4, 0.5) is 4.39 Å². The van der Waals surface area contributed by atoms with Crippen LogP contribution in [0, 0.1) is 12.7 Å². The summed E-state index contributed by atoms with van der Waals surface area (Å²) < 4.78 is 13.3. The zero-order valence-electron chi connectivity index (χ0n) is 9.59. The van der Waals surface area contributed by atoms with Crippen molar-refractivity contribution in [3.63, 3.8) is 0 Å². The van der Waals surface area contributed by atoms with E-state index >= 15 is 0 Å². The van der Waals surface area contributed by atoms with Gasteiger partial charge in [-0.05, 0) is 30.5 Å². The number of unbranched alkanes of at least 4 members (excludes halogenated alkanes) is 2. The number of nitrogens with two attached hydrogens (primary N) is 1. The molecular weight excluding hydrogens is 189 g/mol. The van der Waals surface area contributed by atoms with E-state index in [2.05, 4.69) is 6.92 Å². The molecule has 15 heavy (non-hydrogen) atoms.